The second-order valence-electron chi connectivity index (χ2n) is 11.6. The van der Waals surface area contributed by atoms with Gasteiger partial charge >= 0.3 is 0 Å². The molecule has 3 aromatic carbocycles. The van der Waals surface area contributed by atoms with Gasteiger partial charge in [0.15, 0.2) is 0 Å². The van der Waals surface area contributed by atoms with E-state index >= 15 is 0 Å². The highest BCUT2D eigenvalue weighted by Crippen LogP contribution is 2.42. The first-order valence-corrected chi connectivity index (χ1v) is 17.4. The zero-order chi connectivity index (χ0) is 32.6. The summed E-state index contributed by atoms with van der Waals surface area (Å²) in [6.45, 7) is 0.558. The number of hydrogen-bond acceptors (Lipinski definition) is 6. The molecule has 0 radical (unpaired) electrons. The van der Waals surface area contributed by atoms with Crippen molar-refractivity contribution in [2.24, 2.45) is 4.99 Å². The minimum Gasteiger partial charge on any atom is -0.456 e. The van der Waals surface area contributed by atoms with Crippen molar-refractivity contribution in [3.05, 3.63) is 137 Å². The predicted octanol–water partition coefficient (Wildman–Crippen LogP) is 8.56. The van der Waals surface area contributed by atoms with E-state index in [0.717, 1.165) is 64.6 Å². The largest absolute Gasteiger partial charge is 0.456 e. The molecule has 1 aliphatic heterocycles. The molecule has 0 bridgehead atoms. The van der Waals surface area contributed by atoms with Gasteiger partial charge in [-0.1, -0.05) is 73.5 Å². The fourth-order valence-electron chi connectivity index (χ4n) is 5.84. The molecule has 0 aromatic heterocycles. The van der Waals surface area contributed by atoms with Crippen molar-refractivity contribution < 1.29 is 17.9 Å². The van der Waals surface area contributed by atoms with Gasteiger partial charge in [0, 0.05) is 66.6 Å². The fraction of sp³-hybridized carbons (Fsp3) is 0.205. The number of aliphatic hydroxyl groups excluding tert-OH is 1. The van der Waals surface area contributed by atoms with E-state index in [4.69, 9.17) is 14.5 Å². The smallest absolute Gasteiger partial charge is 0.239 e. The van der Waals surface area contributed by atoms with Crippen LogP contribution in [-0.4, -0.2) is 38.0 Å². The summed E-state index contributed by atoms with van der Waals surface area (Å²) in [7, 11) is -2.16. The maximum atomic E-state index is 14.2. The van der Waals surface area contributed by atoms with Crippen LogP contribution in [0.3, 0.4) is 0 Å². The number of anilines is 2. The Kier molecular flexibility index (Phi) is 10.1. The predicted molar refractivity (Wildman–Crippen MR) is 191 cm³/mol. The number of aliphatic hydroxyl groups is 1. The van der Waals surface area contributed by atoms with E-state index in [0.29, 0.717) is 28.4 Å². The highest BCUT2D eigenvalue weighted by atomic mass is 32.2. The number of benzene rings is 4. The summed E-state index contributed by atoms with van der Waals surface area (Å²) in [4.78, 5) is 5.15. The molecule has 6 rings (SSSR count). The van der Waals surface area contributed by atoms with Gasteiger partial charge < -0.3 is 14.8 Å². The van der Waals surface area contributed by atoms with Crippen LogP contribution in [0, 0.1) is 0 Å². The van der Waals surface area contributed by atoms with Crippen molar-refractivity contribution in [3.63, 3.8) is 0 Å². The van der Waals surface area contributed by atoms with Gasteiger partial charge in [0.2, 0.25) is 10.0 Å². The van der Waals surface area contributed by atoms with Crippen LogP contribution >= 0.6 is 0 Å². The number of hydrogen-bond donors (Lipinski definition) is 2. The molecule has 0 unspecified atom stereocenters. The van der Waals surface area contributed by atoms with Crippen LogP contribution in [0.25, 0.3) is 27.9 Å². The molecule has 8 heteroatoms. The van der Waals surface area contributed by atoms with Gasteiger partial charge in [-0.15, -0.1) is 0 Å². The molecule has 240 valence electrons. The first-order valence-electron chi connectivity index (χ1n) is 16.0. The molecule has 0 fully saturated rings. The lowest BCUT2D eigenvalue weighted by Crippen LogP contribution is -2.29. The monoisotopic (exact) mass is 645 g/mol. The van der Waals surface area contributed by atoms with Crippen molar-refractivity contribution in [2.45, 2.75) is 32.1 Å². The van der Waals surface area contributed by atoms with Gasteiger partial charge in [-0.05, 0) is 66.9 Å². The second-order valence-corrected chi connectivity index (χ2v) is 13.7. The Morgan fingerprint density at radius 1 is 0.851 bits per heavy atom. The van der Waals surface area contributed by atoms with Crippen molar-refractivity contribution in [2.75, 3.05) is 25.5 Å². The number of para-hydroxylation sites is 2. The second kappa shape index (κ2) is 14.8. The Balaban J connectivity index is 1.53. The number of sulfonamides is 1. The third-order valence-electron chi connectivity index (χ3n) is 8.27. The molecule has 0 spiro atoms. The number of nitrogens with zero attached hydrogens (tertiary/aromatic N) is 2. The number of nitrogens with one attached hydrogen (secondary N) is 1. The molecule has 0 amide bonds. The summed E-state index contributed by atoms with van der Waals surface area (Å²) < 4.78 is 36.5. The summed E-state index contributed by atoms with van der Waals surface area (Å²) >= 11 is 0. The van der Waals surface area contributed by atoms with Crippen LogP contribution in [0.4, 0.5) is 17.1 Å². The van der Waals surface area contributed by atoms with Gasteiger partial charge in [0.25, 0.3) is 0 Å². The van der Waals surface area contributed by atoms with E-state index in [-0.39, 0.29) is 13.0 Å². The Morgan fingerprint density at radius 2 is 1.62 bits per heavy atom. The summed E-state index contributed by atoms with van der Waals surface area (Å²) in [5.74, 6) is 0.605. The SMILES string of the molecule is CN(CCCCCCO)S(=O)(=O)C1=C(c2c3ccc(=Nc4ccccc4)cc-3oc3cc(Nc4ccccc4)ccc23)C=CC=CC1. The molecular weight excluding hydrogens is 607 g/mol. The van der Waals surface area contributed by atoms with Gasteiger partial charge in [-0.25, -0.2) is 17.7 Å². The zero-order valence-corrected chi connectivity index (χ0v) is 27.3. The normalized spacial score (nSPS) is 14.0. The van der Waals surface area contributed by atoms with E-state index < -0.39 is 10.0 Å². The number of fused-ring (bicyclic) bond motifs is 2. The Labute approximate surface area is 276 Å². The molecule has 7 nitrogen and oxygen atoms in total. The first kappa shape index (κ1) is 32.2. The minimum absolute atomic E-state index is 0.153. The third kappa shape index (κ3) is 7.46. The van der Waals surface area contributed by atoms with Crippen molar-refractivity contribution in [1.82, 2.24) is 4.31 Å². The number of allylic oxidation sites excluding steroid dienone is 6. The van der Waals surface area contributed by atoms with Crippen LogP contribution in [0.5, 0.6) is 0 Å². The highest BCUT2D eigenvalue weighted by Gasteiger charge is 2.29. The van der Waals surface area contributed by atoms with Gasteiger partial charge in [0.05, 0.1) is 15.9 Å². The lowest BCUT2D eigenvalue weighted by atomic mass is 9.92. The van der Waals surface area contributed by atoms with Crippen LogP contribution < -0.4 is 10.7 Å². The Hall–Kier alpha value is -4.76. The number of unbranched alkanes of at least 4 members (excludes halogenated alkanes) is 3. The van der Waals surface area contributed by atoms with E-state index in [1.165, 1.54) is 4.31 Å². The molecular formula is C39H39N3O4S. The summed E-state index contributed by atoms with van der Waals surface area (Å²) in [6, 6.07) is 31.4. The van der Waals surface area contributed by atoms with Crippen LogP contribution in [0.2, 0.25) is 0 Å². The van der Waals surface area contributed by atoms with E-state index in [1.807, 2.05) is 121 Å². The molecule has 0 saturated heterocycles. The van der Waals surface area contributed by atoms with Crippen molar-refractivity contribution in [1.29, 1.82) is 0 Å². The standard InChI is InChI=1S/C39H39N3O4S/c1-42(25-13-2-3-14-26-43)47(44,45)38-20-12-6-11-19-35(38)39-33-23-21-31(40-29-15-7-4-8-16-29)27-36(33)46-37-28-32(22-24-34(37)39)41-30-17-9-5-10-18-30/h4-12,15-19,21-24,27-28,40,43H,2-3,13-14,20,25-26H2,1H3. The van der Waals surface area contributed by atoms with E-state index in [2.05, 4.69) is 5.32 Å². The molecule has 3 aliphatic rings. The maximum Gasteiger partial charge on any atom is 0.239 e. The van der Waals surface area contributed by atoms with Crippen LogP contribution in [0.1, 0.15) is 37.7 Å². The van der Waals surface area contributed by atoms with Gasteiger partial charge in [0.1, 0.15) is 11.3 Å². The molecule has 0 saturated carbocycles. The summed E-state index contributed by atoms with van der Waals surface area (Å²) in [5, 5.41) is 14.1. The fourth-order valence-corrected chi connectivity index (χ4v) is 7.34. The average Bonchev–Trinajstić information content (AvgIpc) is 3.34. The summed E-state index contributed by atoms with van der Waals surface area (Å²) in [6.07, 6.45) is 11.0. The van der Waals surface area contributed by atoms with Crippen LogP contribution in [0.15, 0.2) is 136 Å². The highest BCUT2D eigenvalue weighted by molar-refractivity contribution is 7.93. The molecule has 2 N–H and O–H groups in total. The van der Waals surface area contributed by atoms with Crippen molar-refractivity contribution in [3.8, 4) is 11.3 Å². The molecule has 3 aromatic rings. The molecule has 2 aliphatic carbocycles. The van der Waals surface area contributed by atoms with Gasteiger partial charge in [-0.2, -0.15) is 0 Å². The molecule has 0 atom stereocenters. The quantitative estimate of drug-likeness (QED) is 0.105. The third-order valence-corrected chi connectivity index (χ3v) is 10.3. The number of rotatable bonds is 12. The minimum atomic E-state index is -3.81. The van der Waals surface area contributed by atoms with Crippen LogP contribution in [-0.2, 0) is 10.0 Å². The Bertz CT molecular complexity index is 2080. The van der Waals surface area contributed by atoms with E-state index in [1.54, 1.807) is 7.05 Å². The molecule has 47 heavy (non-hydrogen) atoms. The Morgan fingerprint density at radius 3 is 2.40 bits per heavy atom. The van der Waals surface area contributed by atoms with E-state index in [9.17, 15) is 8.42 Å². The van der Waals surface area contributed by atoms with Gasteiger partial charge in [-0.3, -0.25) is 0 Å². The lowest BCUT2D eigenvalue weighted by molar-refractivity contribution is 0.282. The van der Waals surface area contributed by atoms with Crippen molar-refractivity contribution >= 4 is 43.6 Å². The zero-order valence-electron chi connectivity index (χ0n) is 26.5. The molecule has 1 heterocycles. The summed E-state index contributed by atoms with van der Waals surface area (Å²) in [5.41, 5.74) is 5.49. The topological polar surface area (TPSA) is 95.1 Å². The lowest BCUT2D eigenvalue weighted by Gasteiger charge is -2.23. The average molecular weight is 646 g/mol. The maximum absolute atomic E-state index is 14.2. The first-order chi connectivity index (χ1) is 22.9.